The predicted molar refractivity (Wildman–Crippen MR) is 158 cm³/mol. The van der Waals surface area contributed by atoms with Crippen LogP contribution in [0.4, 0.5) is 10.0 Å². The van der Waals surface area contributed by atoms with Crippen LogP contribution in [-0.4, -0.2) is 28.6 Å². The number of anilines is 2. The number of hydrogen-bond acceptors (Lipinski definition) is 7. The molecule has 3 aromatic rings. The zero-order valence-corrected chi connectivity index (χ0v) is 23.9. The quantitative estimate of drug-likeness (QED) is 0.315. The minimum Gasteiger partial charge on any atom is -0.365 e. The molecule has 0 fully saturated rings. The predicted octanol–water partition coefficient (Wildman–Crippen LogP) is 5.23. The van der Waals surface area contributed by atoms with Crippen LogP contribution in [0.2, 0.25) is 0 Å². The molecule has 2 aliphatic carbocycles. The third-order valence-corrected chi connectivity index (χ3v) is 9.92. The number of fused-ring (bicyclic) bond motifs is 2. The van der Waals surface area contributed by atoms with E-state index < -0.39 is 23.6 Å². The molecule has 0 radical (unpaired) electrons. The summed E-state index contributed by atoms with van der Waals surface area (Å²) in [6.45, 7) is 0. The van der Waals surface area contributed by atoms with Gasteiger partial charge in [0.1, 0.15) is 21.4 Å². The van der Waals surface area contributed by atoms with Gasteiger partial charge in [-0.05, 0) is 74.6 Å². The molecule has 4 amide bonds. The summed E-state index contributed by atoms with van der Waals surface area (Å²) < 4.78 is 0. The van der Waals surface area contributed by atoms with Crippen LogP contribution in [0.15, 0.2) is 18.2 Å². The molecule has 3 heterocycles. The van der Waals surface area contributed by atoms with E-state index in [9.17, 15) is 19.2 Å². The van der Waals surface area contributed by atoms with Crippen LogP contribution in [0.3, 0.4) is 0 Å². The summed E-state index contributed by atoms with van der Waals surface area (Å²) >= 11 is 2.77. The lowest BCUT2D eigenvalue weighted by molar-refractivity contribution is 0.0990. The van der Waals surface area contributed by atoms with E-state index in [0.717, 1.165) is 97.9 Å². The largest absolute Gasteiger partial charge is 0.365 e. The van der Waals surface area contributed by atoms with Gasteiger partial charge in [0.05, 0.1) is 11.1 Å². The molecule has 0 bridgehead atoms. The van der Waals surface area contributed by atoms with Gasteiger partial charge in [0, 0.05) is 9.75 Å². The summed E-state index contributed by atoms with van der Waals surface area (Å²) in [5.74, 6) is -2.21. The average molecular weight is 580 g/mol. The Labute approximate surface area is 240 Å². The first-order valence-corrected chi connectivity index (χ1v) is 15.4. The van der Waals surface area contributed by atoms with E-state index in [0.29, 0.717) is 21.1 Å². The van der Waals surface area contributed by atoms with Crippen LogP contribution in [-0.2, 0) is 25.7 Å². The fraction of sp³-hybridized carbons (Fsp3) is 0.414. The zero-order valence-electron chi connectivity index (χ0n) is 22.3. The molecule has 2 aliphatic rings. The average Bonchev–Trinajstić information content (AvgIpc) is 3.40. The molecule has 0 aromatic carbocycles. The highest BCUT2D eigenvalue weighted by atomic mass is 32.1. The SMILES string of the molecule is NC(=O)c1c(NC(=O)c2cccc(C(=O)Nc3sc4c(c3C(N)=O)CCCCCC4)n2)sc2c1CCCCCC2. The minimum atomic E-state index is -0.565. The van der Waals surface area contributed by atoms with E-state index in [1.165, 1.54) is 34.8 Å². The van der Waals surface area contributed by atoms with Crippen LogP contribution in [0.1, 0.15) is 114 Å². The zero-order chi connectivity index (χ0) is 28.2. The Morgan fingerprint density at radius 3 is 1.43 bits per heavy atom. The molecule has 0 saturated carbocycles. The maximum absolute atomic E-state index is 13.2. The smallest absolute Gasteiger partial charge is 0.274 e. The summed E-state index contributed by atoms with van der Waals surface area (Å²) in [6.07, 6.45) is 11.7. The van der Waals surface area contributed by atoms with Gasteiger partial charge in [-0.15, -0.1) is 22.7 Å². The number of aromatic nitrogens is 1. The number of nitrogens with zero attached hydrogens (tertiary/aromatic N) is 1. The van der Waals surface area contributed by atoms with Crippen molar-refractivity contribution >= 4 is 56.3 Å². The van der Waals surface area contributed by atoms with E-state index in [-0.39, 0.29) is 11.4 Å². The second kappa shape index (κ2) is 12.3. The van der Waals surface area contributed by atoms with Gasteiger partial charge in [0.2, 0.25) is 0 Å². The van der Waals surface area contributed by atoms with Gasteiger partial charge in [-0.1, -0.05) is 31.7 Å². The number of primary amides is 2. The molecule has 0 unspecified atom stereocenters. The van der Waals surface area contributed by atoms with Gasteiger partial charge in [-0.3, -0.25) is 19.2 Å². The number of carbonyl (C=O) groups excluding carboxylic acids is 4. The second-order valence-corrected chi connectivity index (χ2v) is 12.5. The molecule has 0 aliphatic heterocycles. The van der Waals surface area contributed by atoms with Gasteiger partial charge in [-0.2, -0.15) is 0 Å². The van der Waals surface area contributed by atoms with Gasteiger partial charge < -0.3 is 22.1 Å². The van der Waals surface area contributed by atoms with Crippen molar-refractivity contribution in [2.75, 3.05) is 10.6 Å². The topological polar surface area (TPSA) is 157 Å². The number of amides is 4. The van der Waals surface area contributed by atoms with Gasteiger partial charge in [0.15, 0.2) is 0 Å². The van der Waals surface area contributed by atoms with Crippen molar-refractivity contribution in [2.45, 2.75) is 77.0 Å². The number of nitrogens with one attached hydrogen (secondary N) is 2. The number of hydrogen-bond donors (Lipinski definition) is 4. The Morgan fingerprint density at radius 1 is 0.625 bits per heavy atom. The van der Waals surface area contributed by atoms with Crippen molar-refractivity contribution in [1.82, 2.24) is 4.98 Å². The van der Waals surface area contributed by atoms with E-state index >= 15 is 0 Å². The molecule has 3 aromatic heterocycles. The lowest BCUT2D eigenvalue weighted by atomic mass is 9.96. The Morgan fingerprint density at radius 2 is 1.02 bits per heavy atom. The summed E-state index contributed by atoms with van der Waals surface area (Å²) in [4.78, 5) is 57.6. The summed E-state index contributed by atoms with van der Waals surface area (Å²) in [6, 6.07) is 4.58. The number of rotatable bonds is 6. The number of nitrogens with two attached hydrogens (primary N) is 2. The fourth-order valence-electron chi connectivity index (χ4n) is 5.56. The van der Waals surface area contributed by atoms with Gasteiger partial charge in [0.25, 0.3) is 23.6 Å². The molecule has 5 rings (SSSR count). The first kappa shape index (κ1) is 28.0. The molecular formula is C29H33N5O4S2. The fourth-order valence-corrected chi connectivity index (χ4v) is 8.14. The molecular weight excluding hydrogens is 546 g/mol. The van der Waals surface area contributed by atoms with Crippen molar-refractivity contribution in [2.24, 2.45) is 11.5 Å². The third-order valence-electron chi connectivity index (χ3n) is 7.50. The highest BCUT2D eigenvalue weighted by Crippen LogP contribution is 2.38. The molecule has 0 saturated heterocycles. The van der Waals surface area contributed by atoms with Gasteiger partial charge >= 0.3 is 0 Å². The molecule has 9 nitrogen and oxygen atoms in total. The Bertz CT molecular complexity index is 1370. The second-order valence-electron chi connectivity index (χ2n) is 10.3. The molecule has 6 N–H and O–H groups in total. The van der Waals surface area contributed by atoms with E-state index in [1.54, 1.807) is 6.07 Å². The van der Waals surface area contributed by atoms with Crippen molar-refractivity contribution in [1.29, 1.82) is 0 Å². The number of pyridine rings is 1. The van der Waals surface area contributed by atoms with E-state index in [2.05, 4.69) is 15.6 Å². The number of carbonyl (C=O) groups is 4. The summed E-state index contributed by atoms with van der Waals surface area (Å²) in [5.41, 5.74) is 14.1. The normalized spacial score (nSPS) is 15.4. The standard InChI is InChI=1S/C29H33N5O4S2/c30-24(35)22-16-10-5-1-3-7-14-20(16)39-28(22)33-26(37)18-12-9-13-19(32-18)27(38)34-29-23(25(31)36)17-11-6-2-4-8-15-21(17)40-29/h9,12-13H,1-8,10-11,14-15H2,(H2,30,35)(H2,31,36)(H,33,37)(H,34,38). The van der Waals surface area contributed by atoms with Crippen LogP contribution in [0.5, 0.6) is 0 Å². The molecule has 210 valence electrons. The Hall–Kier alpha value is -3.57. The molecule has 40 heavy (non-hydrogen) atoms. The maximum atomic E-state index is 13.2. The van der Waals surface area contributed by atoms with Gasteiger partial charge in [-0.25, -0.2) is 4.98 Å². The molecule has 11 heteroatoms. The Kier molecular flexibility index (Phi) is 8.60. The lowest BCUT2D eigenvalue weighted by Gasteiger charge is -2.10. The highest BCUT2D eigenvalue weighted by Gasteiger charge is 2.26. The van der Waals surface area contributed by atoms with Crippen molar-refractivity contribution in [3.63, 3.8) is 0 Å². The molecule has 0 spiro atoms. The molecule has 0 atom stereocenters. The first-order chi connectivity index (χ1) is 19.3. The Balaban J connectivity index is 1.37. The van der Waals surface area contributed by atoms with E-state index in [4.69, 9.17) is 11.5 Å². The van der Waals surface area contributed by atoms with Crippen molar-refractivity contribution < 1.29 is 19.2 Å². The van der Waals surface area contributed by atoms with Crippen LogP contribution in [0.25, 0.3) is 0 Å². The summed E-state index contributed by atoms with van der Waals surface area (Å²) in [5, 5.41) is 6.47. The van der Waals surface area contributed by atoms with E-state index in [1.807, 2.05) is 0 Å². The highest BCUT2D eigenvalue weighted by molar-refractivity contribution is 7.17. The number of aryl methyl sites for hydroxylation is 2. The van der Waals surface area contributed by atoms with Crippen molar-refractivity contribution in [3.8, 4) is 0 Å². The minimum absolute atomic E-state index is 0.0254. The lowest BCUT2D eigenvalue weighted by Crippen LogP contribution is -2.21. The van der Waals surface area contributed by atoms with Crippen LogP contribution < -0.4 is 22.1 Å². The van der Waals surface area contributed by atoms with Crippen molar-refractivity contribution in [3.05, 3.63) is 61.6 Å². The monoisotopic (exact) mass is 579 g/mol. The number of thiophene rings is 2. The third kappa shape index (κ3) is 5.95. The van der Waals surface area contributed by atoms with Crippen LogP contribution >= 0.6 is 22.7 Å². The summed E-state index contributed by atoms with van der Waals surface area (Å²) in [7, 11) is 0. The van der Waals surface area contributed by atoms with Crippen LogP contribution in [0, 0.1) is 0 Å². The maximum Gasteiger partial charge on any atom is 0.274 e. The first-order valence-electron chi connectivity index (χ1n) is 13.8.